The van der Waals surface area contributed by atoms with E-state index < -0.39 is 9.84 Å². The Balaban J connectivity index is 1.51. The van der Waals surface area contributed by atoms with Gasteiger partial charge in [0.2, 0.25) is 0 Å². The van der Waals surface area contributed by atoms with Crippen molar-refractivity contribution in [2.24, 2.45) is 7.05 Å². The number of carbonyl (C=O) groups excluding carboxylic acids is 1. The number of sulfone groups is 1. The lowest BCUT2D eigenvalue weighted by molar-refractivity contribution is 0.0935. The molecule has 3 heterocycles. The van der Waals surface area contributed by atoms with Gasteiger partial charge >= 0.3 is 0 Å². The summed E-state index contributed by atoms with van der Waals surface area (Å²) in [6, 6.07) is 11.0. The number of furan rings is 1. The standard InChI is InChI=1S/C23H28N4O4S/c1-4-16(2)27(14-17-8-7-13-31-17)12-11-24-23(28)21-19-15-32(29,30)20-10-6-5-9-18(20)22(19)26(3)25-21/h5-10,13,16H,4,11-12,14-15H2,1-3H3,(H,24,28)/t16-/m0/s1. The van der Waals surface area contributed by atoms with Crippen LogP contribution in [-0.2, 0) is 29.2 Å². The molecular weight excluding hydrogens is 428 g/mol. The molecule has 0 fully saturated rings. The predicted octanol–water partition coefficient (Wildman–Crippen LogP) is 3.00. The first-order chi connectivity index (χ1) is 15.3. The van der Waals surface area contributed by atoms with Gasteiger partial charge in [0.1, 0.15) is 5.76 Å². The smallest absolute Gasteiger partial charge is 0.272 e. The number of fused-ring (bicyclic) bond motifs is 3. The van der Waals surface area contributed by atoms with Gasteiger partial charge in [0.25, 0.3) is 5.91 Å². The summed E-state index contributed by atoms with van der Waals surface area (Å²) in [4.78, 5) is 15.5. The molecular formula is C23H28N4O4S. The van der Waals surface area contributed by atoms with Gasteiger partial charge in [-0.1, -0.05) is 25.1 Å². The number of hydrogen-bond acceptors (Lipinski definition) is 6. The highest BCUT2D eigenvalue weighted by atomic mass is 32.2. The minimum Gasteiger partial charge on any atom is -0.468 e. The Morgan fingerprint density at radius 1 is 1.28 bits per heavy atom. The van der Waals surface area contributed by atoms with Crippen molar-refractivity contribution in [3.8, 4) is 11.3 Å². The number of nitrogens with zero attached hydrogens (tertiary/aromatic N) is 3. The number of nitrogens with one attached hydrogen (secondary N) is 1. The van der Waals surface area contributed by atoms with E-state index in [1.807, 2.05) is 12.1 Å². The Kier molecular flexibility index (Phi) is 6.21. The number of benzene rings is 1. The first-order valence-corrected chi connectivity index (χ1v) is 12.4. The molecule has 1 atom stereocenters. The summed E-state index contributed by atoms with van der Waals surface area (Å²) < 4.78 is 32.7. The van der Waals surface area contributed by atoms with E-state index in [0.717, 1.165) is 12.2 Å². The molecule has 1 N–H and O–H groups in total. The maximum absolute atomic E-state index is 13.0. The summed E-state index contributed by atoms with van der Waals surface area (Å²) in [6.07, 6.45) is 2.63. The highest BCUT2D eigenvalue weighted by Gasteiger charge is 2.34. The summed E-state index contributed by atoms with van der Waals surface area (Å²) in [5.41, 5.74) is 1.89. The highest BCUT2D eigenvalue weighted by molar-refractivity contribution is 7.90. The molecule has 0 saturated heterocycles. The van der Waals surface area contributed by atoms with E-state index in [1.165, 1.54) is 0 Å². The number of aromatic nitrogens is 2. The van der Waals surface area contributed by atoms with Crippen molar-refractivity contribution in [3.63, 3.8) is 0 Å². The minimum absolute atomic E-state index is 0.168. The van der Waals surface area contributed by atoms with Crippen LogP contribution in [0.1, 0.15) is 42.1 Å². The SMILES string of the molecule is CC[C@H](C)N(CCNC(=O)c1nn(C)c2c1CS(=O)(=O)c1ccccc1-2)Cc1ccco1. The zero-order valence-electron chi connectivity index (χ0n) is 18.5. The molecule has 1 aromatic carbocycles. The van der Waals surface area contributed by atoms with Crippen LogP contribution >= 0.6 is 0 Å². The second-order valence-corrected chi connectivity index (χ2v) is 10.1. The largest absolute Gasteiger partial charge is 0.468 e. The Labute approximate surface area is 188 Å². The van der Waals surface area contributed by atoms with E-state index in [9.17, 15) is 13.2 Å². The molecule has 4 rings (SSSR count). The third-order valence-electron chi connectivity index (χ3n) is 6.01. The zero-order chi connectivity index (χ0) is 22.9. The molecule has 170 valence electrons. The van der Waals surface area contributed by atoms with Crippen LogP contribution in [0.2, 0.25) is 0 Å². The molecule has 1 aliphatic rings. The van der Waals surface area contributed by atoms with Crippen molar-refractivity contribution in [1.82, 2.24) is 20.0 Å². The Morgan fingerprint density at radius 2 is 2.06 bits per heavy atom. The first-order valence-electron chi connectivity index (χ1n) is 10.7. The van der Waals surface area contributed by atoms with E-state index in [1.54, 1.807) is 42.3 Å². The Morgan fingerprint density at radius 3 is 2.78 bits per heavy atom. The molecule has 1 amide bonds. The number of rotatable bonds is 8. The molecule has 3 aromatic rings. The van der Waals surface area contributed by atoms with Crippen molar-refractivity contribution < 1.29 is 17.6 Å². The molecule has 0 radical (unpaired) electrons. The van der Waals surface area contributed by atoms with Crippen molar-refractivity contribution in [2.45, 2.75) is 43.5 Å². The van der Waals surface area contributed by atoms with Crippen LogP contribution in [0.15, 0.2) is 52.0 Å². The molecule has 0 spiro atoms. The van der Waals surface area contributed by atoms with Crippen LogP contribution < -0.4 is 5.32 Å². The molecule has 8 nitrogen and oxygen atoms in total. The molecule has 9 heteroatoms. The maximum Gasteiger partial charge on any atom is 0.272 e. The van der Waals surface area contributed by atoms with Gasteiger partial charge in [-0.15, -0.1) is 0 Å². The first kappa shape index (κ1) is 22.3. The lowest BCUT2D eigenvalue weighted by Gasteiger charge is -2.27. The highest BCUT2D eigenvalue weighted by Crippen LogP contribution is 2.38. The van der Waals surface area contributed by atoms with E-state index in [0.29, 0.717) is 42.5 Å². The van der Waals surface area contributed by atoms with Crippen molar-refractivity contribution in [1.29, 1.82) is 0 Å². The molecule has 0 bridgehead atoms. The normalized spacial score (nSPS) is 15.2. The van der Waals surface area contributed by atoms with Crippen LogP contribution in [0.25, 0.3) is 11.3 Å². The number of amides is 1. The monoisotopic (exact) mass is 456 g/mol. The fraction of sp³-hybridized carbons (Fsp3) is 0.391. The quantitative estimate of drug-likeness (QED) is 0.560. The zero-order valence-corrected chi connectivity index (χ0v) is 19.4. The average molecular weight is 457 g/mol. The summed E-state index contributed by atoms with van der Waals surface area (Å²) in [5, 5.41) is 7.30. The van der Waals surface area contributed by atoms with E-state index in [2.05, 4.69) is 29.2 Å². The van der Waals surface area contributed by atoms with Crippen LogP contribution in [0.3, 0.4) is 0 Å². The van der Waals surface area contributed by atoms with Gasteiger partial charge in [0.05, 0.1) is 29.2 Å². The fourth-order valence-corrected chi connectivity index (χ4v) is 5.73. The third-order valence-corrected chi connectivity index (χ3v) is 7.70. The second kappa shape index (κ2) is 8.91. The van der Waals surface area contributed by atoms with Gasteiger partial charge in [-0.05, 0) is 31.5 Å². The van der Waals surface area contributed by atoms with Crippen molar-refractivity contribution >= 4 is 15.7 Å². The summed E-state index contributed by atoms with van der Waals surface area (Å²) >= 11 is 0. The minimum atomic E-state index is -3.53. The molecule has 0 aliphatic carbocycles. The number of aryl methyl sites for hydroxylation is 1. The summed E-state index contributed by atoms with van der Waals surface area (Å²) in [5.74, 6) is 0.283. The molecule has 2 aromatic heterocycles. The van der Waals surface area contributed by atoms with Gasteiger partial charge < -0.3 is 9.73 Å². The number of hydrogen-bond donors (Lipinski definition) is 1. The van der Waals surface area contributed by atoms with Gasteiger partial charge in [0.15, 0.2) is 15.5 Å². The van der Waals surface area contributed by atoms with E-state index >= 15 is 0 Å². The lowest BCUT2D eigenvalue weighted by Crippen LogP contribution is -2.39. The van der Waals surface area contributed by atoms with Crippen LogP contribution in [0, 0.1) is 0 Å². The van der Waals surface area contributed by atoms with Gasteiger partial charge in [-0.2, -0.15) is 5.10 Å². The molecule has 32 heavy (non-hydrogen) atoms. The predicted molar refractivity (Wildman–Crippen MR) is 121 cm³/mol. The average Bonchev–Trinajstić information content (AvgIpc) is 3.39. The molecule has 0 unspecified atom stereocenters. The lowest BCUT2D eigenvalue weighted by atomic mass is 10.1. The van der Waals surface area contributed by atoms with E-state index in [-0.39, 0.29) is 22.2 Å². The topological polar surface area (TPSA) is 97.4 Å². The molecule has 1 aliphatic heterocycles. The summed E-state index contributed by atoms with van der Waals surface area (Å²) in [6.45, 7) is 5.97. The maximum atomic E-state index is 13.0. The van der Waals surface area contributed by atoms with Crippen LogP contribution in [0.4, 0.5) is 0 Å². The van der Waals surface area contributed by atoms with Gasteiger partial charge in [-0.25, -0.2) is 8.42 Å². The van der Waals surface area contributed by atoms with Gasteiger partial charge in [0, 0.05) is 37.3 Å². The second-order valence-electron chi connectivity index (χ2n) is 8.12. The van der Waals surface area contributed by atoms with Crippen molar-refractivity contribution in [2.75, 3.05) is 13.1 Å². The molecule has 0 saturated carbocycles. The van der Waals surface area contributed by atoms with Crippen LogP contribution in [-0.4, -0.2) is 48.1 Å². The van der Waals surface area contributed by atoms with Gasteiger partial charge in [-0.3, -0.25) is 14.4 Å². The third kappa shape index (κ3) is 4.22. The number of carbonyl (C=O) groups is 1. The van der Waals surface area contributed by atoms with Crippen molar-refractivity contribution in [3.05, 3.63) is 59.7 Å². The Hall–Kier alpha value is -2.91. The van der Waals surface area contributed by atoms with Crippen LogP contribution in [0.5, 0.6) is 0 Å². The van der Waals surface area contributed by atoms with E-state index in [4.69, 9.17) is 4.42 Å². The fourth-order valence-electron chi connectivity index (χ4n) is 4.14. The Bertz CT molecular complexity index is 1210. The summed E-state index contributed by atoms with van der Waals surface area (Å²) in [7, 11) is -1.79.